The number of hydrogen-bond donors (Lipinski definition) is 0. The number of hydrogen-bond acceptors (Lipinski definition) is 5. The first-order valence-electron chi connectivity index (χ1n) is 5.87. The van der Waals surface area contributed by atoms with Gasteiger partial charge in [0.15, 0.2) is 5.16 Å². The van der Waals surface area contributed by atoms with Crippen molar-refractivity contribution in [3.8, 4) is 0 Å². The van der Waals surface area contributed by atoms with E-state index in [0.717, 1.165) is 5.70 Å². The number of aryl methyl sites for hydroxylation is 1. The Hall–Kier alpha value is -1.56. The van der Waals surface area contributed by atoms with E-state index in [1.54, 1.807) is 6.92 Å². The summed E-state index contributed by atoms with van der Waals surface area (Å²) in [6.07, 6.45) is 1.99. The fourth-order valence-electron chi connectivity index (χ4n) is 2.15. The first-order valence-corrected chi connectivity index (χ1v) is 6.69. The predicted octanol–water partition coefficient (Wildman–Crippen LogP) is 2.08. The molecule has 0 N–H and O–H groups in total. The Bertz CT molecular complexity index is 644. The number of esters is 1. The molecule has 6 heteroatoms. The van der Waals surface area contributed by atoms with Gasteiger partial charge in [-0.25, -0.2) is 9.78 Å². The lowest BCUT2D eigenvalue weighted by Crippen LogP contribution is -2.33. The van der Waals surface area contributed by atoms with Crippen molar-refractivity contribution >= 4 is 23.4 Å². The summed E-state index contributed by atoms with van der Waals surface area (Å²) in [6, 6.07) is 0. The molecule has 5 nitrogen and oxygen atoms in total. The van der Waals surface area contributed by atoms with Crippen LogP contribution in [0.4, 0.5) is 0 Å². The third kappa shape index (κ3) is 2.32. The molecule has 0 spiro atoms. The Kier molecular flexibility index (Phi) is 3.30. The summed E-state index contributed by atoms with van der Waals surface area (Å²) in [5.41, 5.74) is 0.813. The van der Waals surface area contributed by atoms with Gasteiger partial charge in [-0.3, -0.25) is 9.36 Å². The number of thioether (sulfide) groups is 1. The zero-order valence-corrected chi connectivity index (χ0v) is 12.4. The zero-order valence-electron chi connectivity index (χ0n) is 11.6. The average Bonchev–Trinajstić information content (AvgIpc) is 2.25. The number of nitrogens with zero attached hydrogens (tertiary/aromatic N) is 2. The Balaban J connectivity index is 2.74. The van der Waals surface area contributed by atoms with Crippen LogP contribution in [0.25, 0.3) is 5.70 Å². The van der Waals surface area contributed by atoms with Gasteiger partial charge in [-0.15, -0.1) is 0 Å². The molecule has 0 aromatic carbocycles. The summed E-state index contributed by atoms with van der Waals surface area (Å²) in [5, 5.41) is 0.611. The Labute approximate surface area is 115 Å². The summed E-state index contributed by atoms with van der Waals surface area (Å²) in [5.74, 6) is -0.645. The van der Waals surface area contributed by atoms with Crippen LogP contribution in [0.2, 0.25) is 0 Å². The van der Waals surface area contributed by atoms with Crippen molar-refractivity contribution in [2.45, 2.75) is 37.6 Å². The second-order valence-electron chi connectivity index (χ2n) is 4.98. The van der Waals surface area contributed by atoms with Crippen LogP contribution in [0, 0.1) is 6.92 Å². The highest BCUT2D eigenvalue weighted by Crippen LogP contribution is 2.38. The molecular weight excluding hydrogens is 264 g/mol. The Morgan fingerprint density at radius 3 is 2.63 bits per heavy atom. The van der Waals surface area contributed by atoms with E-state index in [4.69, 9.17) is 0 Å². The van der Waals surface area contributed by atoms with Gasteiger partial charge < -0.3 is 4.74 Å². The maximum absolute atomic E-state index is 12.4. The van der Waals surface area contributed by atoms with Crippen molar-refractivity contribution in [3.63, 3.8) is 0 Å². The van der Waals surface area contributed by atoms with E-state index in [-0.39, 0.29) is 15.9 Å². The van der Waals surface area contributed by atoms with E-state index in [2.05, 4.69) is 23.6 Å². The minimum atomic E-state index is -0.645. The lowest BCUT2D eigenvalue weighted by Gasteiger charge is -2.28. The number of ether oxygens (including phenoxy) is 1. The van der Waals surface area contributed by atoms with Gasteiger partial charge in [-0.1, -0.05) is 11.8 Å². The maximum Gasteiger partial charge on any atom is 0.345 e. The van der Waals surface area contributed by atoms with Gasteiger partial charge in [0, 0.05) is 10.4 Å². The third-order valence-corrected chi connectivity index (χ3v) is 3.99. The van der Waals surface area contributed by atoms with Crippen molar-refractivity contribution in [3.05, 3.63) is 27.7 Å². The van der Waals surface area contributed by atoms with Crippen molar-refractivity contribution in [1.29, 1.82) is 0 Å². The normalized spacial score (nSPS) is 16.6. The van der Waals surface area contributed by atoms with Crippen molar-refractivity contribution < 1.29 is 9.53 Å². The first kappa shape index (κ1) is 13.9. The van der Waals surface area contributed by atoms with E-state index >= 15 is 0 Å². The standard InChI is InChI=1S/C13H16N2O3S/c1-7-6-13(3,4)19-12-14-8(2)9(11(17)18-5)10(16)15(7)12/h6H,1-5H3. The molecule has 0 saturated heterocycles. The van der Waals surface area contributed by atoms with Gasteiger partial charge in [0.1, 0.15) is 5.56 Å². The first-order chi connectivity index (χ1) is 8.76. The van der Waals surface area contributed by atoms with E-state index in [0.29, 0.717) is 10.9 Å². The number of fused-ring (bicyclic) bond motifs is 1. The van der Waals surface area contributed by atoms with Crippen LogP contribution in [-0.4, -0.2) is 27.4 Å². The number of aromatic nitrogens is 2. The summed E-state index contributed by atoms with van der Waals surface area (Å²) in [7, 11) is 1.26. The molecule has 1 aromatic heterocycles. The molecule has 2 heterocycles. The molecule has 102 valence electrons. The SMILES string of the molecule is COC(=O)c1c(C)nc2n(c1=O)C(C)=CC(C)(C)S2. The van der Waals surface area contributed by atoms with Gasteiger partial charge in [-0.05, 0) is 33.8 Å². The molecule has 0 atom stereocenters. The Morgan fingerprint density at radius 1 is 1.42 bits per heavy atom. The predicted molar refractivity (Wildman–Crippen MR) is 74.5 cm³/mol. The van der Waals surface area contributed by atoms with Crippen LogP contribution < -0.4 is 5.56 Å². The maximum atomic E-state index is 12.4. The van der Waals surface area contributed by atoms with Crippen LogP contribution in [0.3, 0.4) is 0 Å². The van der Waals surface area contributed by atoms with E-state index in [9.17, 15) is 9.59 Å². The molecule has 1 aromatic rings. The van der Waals surface area contributed by atoms with Gasteiger partial charge in [0.2, 0.25) is 0 Å². The molecule has 0 unspecified atom stereocenters. The number of carbonyl (C=O) groups is 1. The monoisotopic (exact) mass is 280 g/mol. The van der Waals surface area contributed by atoms with Crippen LogP contribution >= 0.6 is 11.8 Å². The molecule has 0 radical (unpaired) electrons. The Morgan fingerprint density at radius 2 is 2.05 bits per heavy atom. The van der Waals surface area contributed by atoms with Crippen LogP contribution in [0.5, 0.6) is 0 Å². The van der Waals surface area contributed by atoms with Crippen LogP contribution in [0.1, 0.15) is 36.8 Å². The van der Waals surface area contributed by atoms with E-state index in [1.165, 1.54) is 23.4 Å². The van der Waals surface area contributed by atoms with Crippen molar-refractivity contribution in [2.24, 2.45) is 0 Å². The molecule has 1 aliphatic rings. The smallest absolute Gasteiger partial charge is 0.345 e. The quantitative estimate of drug-likeness (QED) is 0.582. The minimum Gasteiger partial charge on any atom is -0.465 e. The minimum absolute atomic E-state index is 0.000642. The zero-order chi connectivity index (χ0) is 14.4. The largest absolute Gasteiger partial charge is 0.465 e. The van der Waals surface area contributed by atoms with Crippen molar-refractivity contribution in [2.75, 3.05) is 7.11 Å². The number of carbonyl (C=O) groups excluding carboxylic acids is 1. The summed E-state index contributed by atoms with van der Waals surface area (Å²) in [4.78, 5) is 28.5. The molecular formula is C13H16N2O3S. The molecule has 0 aliphatic carbocycles. The summed E-state index contributed by atoms with van der Waals surface area (Å²) < 4.78 is 5.99. The summed E-state index contributed by atoms with van der Waals surface area (Å²) in [6.45, 7) is 7.60. The molecule has 0 saturated carbocycles. The van der Waals surface area contributed by atoms with Gasteiger partial charge >= 0.3 is 5.97 Å². The lowest BCUT2D eigenvalue weighted by atomic mass is 10.1. The lowest BCUT2D eigenvalue weighted by molar-refractivity contribution is 0.0596. The molecule has 2 rings (SSSR count). The van der Waals surface area contributed by atoms with Crippen LogP contribution in [-0.2, 0) is 4.74 Å². The van der Waals surface area contributed by atoms with Crippen molar-refractivity contribution in [1.82, 2.24) is 9.55 Å². The van der Waals surface area contributed by atoms with E-state index in [1.807, 2.05) is 13.0 Å². The highest BCUT2D eigenvalue weighted by Gasteiger charge is 2.29. The second kappa shape index (κ2) is 4.52. The molecule has 0 amide bonds. The van der Waals surface area contributed by atoms with Gasteiger partial charge in [-0.2, -0.15) is 0 Å². The fraction of sp³-hybridized carbons (Fsp3) is 0.462. The number of methoxy groups -OCH3 is 1. The second-order valence-corrected chi connectivity index (χ2v) is 6.60. The molecule has 19 heavy (non-hydrogen) atoms. The number of allylic oxidation sites excluding steroid dienone is 1. The van der Waals surface area contributed by atoms with Gasteiger partial charge in [0.05, 0.1) is 12.8 Å². The highest BCUT2D eigenvalue weighted by atomic mass is 32.2. The molecule has 0 bridgehead atoms. The van der Waals surface area contributed by atoms with E-state index < -0.39 is 5.97 Å². The topological polar surface area (TPSA) is 61.2 Å². The average molecular weight is 280 g/mol. The highest BCUT2D eigenvalue weighted by molar-refractivity contribution is 8.00. The fourth-order valence-corrected chi connectivity index (χ4v) is 3.35. The number of rotatable bonds is 1. The third-order valence-electron chi connectivity index (χ3n) is 2.89. The summed E-state index contributed by atoms with van der Waals surface area (Å²) >= 11 is 1.50. The van der Waals surface area contributed by atoms with Crippen LogP contribution in [0.15, 0.2) is 16.0 Å². The molecule has 1 aliphatic heterocycles. The molecule has 0 fully saturated rings. The van der Waals surface area contributed by atoms with Gasteiger partial charge in [0.25, 0.3) is 5.56 Å².